The molecule has 0 bridgehead atoms. The molecule has 4 aromatic rings. The monoisotopic (exact) mass is 379 g/mol. The van der Waals surface area contributed by atoms with Gasteiger partial charge in [-0.1, -0.05) is 42.1 Å². The quantitative estimate of drug-likeness (QED) is 0.509. The maximum absolute atomic E-state index is 12.6. The van der Waals surface area contributed by atoms with Gasteiger partial charge in [0, 0.05) is 19.8 Å². The second kappa shape index (κ2) is 6.88. The van der Waals surface area contributed by atoms with Crippen molar-refractivity contribution in [2.75, 3.05) is 17.7 Å². The van der Waals surface area contributed by atoms with Crippen molar-refractivity contribution in [3.63, 3.8) is 0 Å². The van der Waals surface area contributed by atoms with Crippen molar-refractivity contribution in [1.29, 1.82) is 0 Å². The molecule has 0 saturated heterocycles. The van der Waals surface area contributed by atoms with E-state index in [0.717, 1.165) is 11.2 Å². The number of benzene rings is 2. The lowest BCUT2D eigenvalue weighted by Gasteiger charge is -2.16. The van der Waals surface area contributed by atoms with Crippen LogP contribution in [0, 0.1) is 0 Å². The summed E-state index contributed by atoms with van der Waals surface area (Å²) in [6, 6.07) is 16.8. The highest BCUT2D eigenvalue weighted by molar-refractivity contribution is 7.99. The van der Waals surface area contributed by atoms with Crippen molar-refractivity contribution >= 4 is 40.0 Å². The summed E-state index contributed by atoms with van der Waals surface area (Å²) in [7, 11) is 3.42. The molecule has 0 radical (unpaired) electrons. The fraction of sp³-hybridized carbons (Fsp3) is 0.158. The van der Waals surface area contributed by atoms with Crippen LogP contribution in [0.25, 0.3) is 16.7 Å². The molecule has 2 aromatic heterocycles. The average Bonchev–Trinajstić information content (AvgIpc) is 3.14. The fourth-order valence-electron chi connectivity index (χ4n) is 2.92. The molecule has 0 aliphatic rings. The lowest BCUT2D eigenvalue weighted by molar-refractivity contribution is -0.115. The van der Waals surface area contributed by atoms with E-state index in [9.17, 15) is 9.59 Å². The number of rotatable bonds is 4. The number of aryl methyl sites for hydroxylation is 1. The third-order valence-electron chi connectivity index (χ3n) is 4.44. The first-order chi connectivity index (χ1) is 13.1. The highest BCUT2D eigenvalue weighted by Crippen LogP contribution is 2.22. The van der Waals surface area contributed by atoms with Crippen LogP contribution in [0.3, 0.4) is 0 Å². The van der Waals surface area contributed by atoms with E-state index in [-0.39, 0.29) is 17.2 Å². The molecule has 1 amide bonds. The topological polar surface area (TPSA) is 72.5 Å². The first-order valence-electron chi connectivity index (χ1n) is 8.35. The molecule has 8 heteroatoms. The molecule has 2 heterocycles. The third-order valence-corrected chi connectivity index (χ3v) is 5.35. The Hall–Kier alpha value is -3.13. The van der Waals surface area contributed by atoms with E-state index >= 15 is 0 Å². The number of para-hydroxylation sites is 2. The molecule has 0 aliphatic heterocycles. The number of thioether (sulfide) groups is 1. The van der Waals surface area contributed by atoms with Gasteiger partial charge in [0.2, 0.25) is 11.7 Å². The predicted molar refractivity (Wildman–Crippen MR) is 106 cm³/mol. The van der Waals surface area contributed by atoms with Gasteiger partial charge in [0.1, 0.15) is 0 Å². The maximum atomic E-state index is 12.6. The Morgan fingerprint density at radius 2 is 1.78 bits per heavy atom. The van der Waals surface area contributed by atoms with E-state index in [1.54, 1.807) is 25.1 Å². The number of anilines is 1. The highest BCUT2D eigenvalue weighted by atomic mass is 32.2. The molecule has 136 valence electrons. The Kier molecular flexibility index (Phi) is 4.41. The van der Waals surface area contributed by atoms with Crippen molar-refractivity contribution in [1.82, 2.24) is 19.2 Å². The molecule has 0 spiro atoms. The minimum absolute atomic E-state index is 0.0444. The van der Waals surface area contributed by atoms with Gasteiger partial charge < -0.3 is 4.90 Å². The van der Waals surface area contributed by atoms with Crippen molar-refractivity contribution in [2.45, 2.75) is 5.16 Å². The molecule has 0 unspecified atom stereocenters. The highest BCUT2D eigenvalue weighted by Gasteiger charge is 2.17. The number of aromatic nitrogens is 4. The van der Waals surface area contributed by atoms with E-state index < -0.39 is 0 Å². The van der Waals surface area contributed by atoms with Crippen LogP contribution < -0.4 is 10.5 Å². The zero-order valence-electron chi connectivity index (χ0n) is 14.9. The lowest BCUT2D eigenvalue weighted by atomic mass is 10.2. The van der Waals surface area contributed by atoms with E-state index in [1.165, 1.54) is 16.3 Å². The van der Waals surface area contributed by atoms with Gasteiger partial charge in [-0.2, -0.15) is 0 Å². The second-order valence-electron chi connectivity index (χ2n) is 6.08. The molecule has 0 N–H and O–H groups in total. The van der Waals surface area contributed by atoms with Gasteiger partial charge in [-0.25, -0.2) is 0 Å². The van der Waals surface area contributed by atoms with Crippen LogP contribution in [0.5, 0.6) is 0 Å². The molecule has 0 aliphatic carbocycles. The smallest absolute Gasteiger partial charge is 0.262 e. The van der Waals surface area contributed by atoms with Gasteiger partial charge in [0.15, 0.2) is 5.16 Å². The molecule has 0 atom stereocenters. The Labute approximate surface area is 159 Å². The number of hydrogen-bond acceptors (Lipinski definition) is 5. The van der Waals surface area contributed by atoms with E-state index in [0.29, 0.717) is 16.3 Å². The molecular weight excluding hydrogens is 362 g/mol. The normalized spacial score (nSPS) is 11.2. The molecular formula is C19H17N5O2S. The summed E-state index contributed by atoms with van der Waals surface area (Å²) in [5, 5.41) is 9.50. The standard InChI is InChI=1S/C19H17N5O2S/c1-22(13-8-4-3-5-9-13)16(25)12-27-19-21-20-18-23(2)17(26)14-10-6-7-11-15(14)24(18)19/h3-11H,12H2,1-2H3. The summed E-state index contributed by atoms with van der Waals surface area (Å²) in [4.78, 5) is 26.6. The van der Waals surface area contributed by atoms with E-state index in [4.69, 9.17) is 0 Å². The van der Waals surface area contributed by atoms with Crippen LogP contribution in [-0.4, -0.2) is 37.9 Å². The van der Waals surface area contributed by atoms with Crippen molar-refractivity contribution in [2.24, 2.45) is 7.05 Å². The SMILES string of the molecule is CN(C(=O)CSc1nnc2n(C)c(=O)c3ccccc3n12)c1ccccc1. The van der Waals surface area contributed by atoms with Crippen molar-refractivity contribution in [3.05, 3.63) is 65.0 Å². The van der Waals surface area contributed by atoms with Gasteiger partial charge in [-0.05, 0) is 24.3 Å². The Balaban J connectivity index is 1.67. The van der Waals surface area contributed by atoms with E-state index in [1.807, 2.05) is 52.9 Å². The third kappa shape index (κ3) is 2.97. The minimum atomic E-state index is -0.123. The minimum Gasteiger partial charge on any atom is -0.315 e. The summed E-state index contributed by atoms with van der Waals surface area (Å²) in [5.41, 5.74) is 1.44. The first kappa shape index (κ1) is 17.3. The summed E-state index contributed by atoms with van der Waals surface area (Å²) in [6.07, 6.45) is 0. The zero-order chi connectivity index (χ0) is 19.0. The number of hydrogen-bond donors (Lipinski definition) is 0. The second-order valence-corrected chi connectivity index (χ2v) is 7.02. The predicted octanol–water partition coefficient (Wildman–Crippen LogP) is 2.34. The van der Waals surface area contributed by atoms with Gasteiger partial charge in [0.05, 0.1) is 16.7 Å². The molecule has 2 aromatic carbocycles. The van der Waals surface area contributed by atoms with Crippen molar-refractivity contribution in [3.8, 4) is 0 Å². The Bertz CT molecular complexity index is 1200. The van der Waals surface area contributed by atoms with Crippen LogP contribution in [0.15, 0.2) is 64.5 Å². The van der Waals surface area contributed by atoms with Crippen molar-refractivity contribution < 1.29 is 4.79 Å². The van der Waals surface area contributed by atoms with Crippen LogP contribution in [0.2, 0.25) is 0 Å². The first-order valence-corrected chi connectivity index (χ1v) is 9.34. The largest absolute Gasteiger partial charge is 0.315 e. The summed E-state index contributed by atoms with van der Waals surface area (Å²) >= 11 is 1.30. The van der Waals surface area contributed by atoms with Crippen LogP contribution in [0.4, 0.5) is 5.69 Å². The molecule has 7 nitrogen and oxygen atoms in total. The fourth-order valence-corrected chi connectivity index (χ4v) is 3.78. The van der Waals surface area contributed by atoms with Crippen LogP contribution >= 0.6 is 11.8 Å². The van der Waals surface area contributed by atoms with Gasteiger partial charge in [-0.15, -0.1) is 10.2 Å². The Morgan fingerprint density at radius 3 is 2.56 bits per heavy atom. The molecule has 27 heavy (non-hydrogen) atoms. The van der Waals surface area contributed by atoms with E-state index in [2.05, 4.69) is 10.2 Å². The number of amides is 1. The Morgan fingerprint density at radius 1 is 1.07 bits per heavy atom. The molecule has 4 rings (SSSR count). The number of carbonyl (C=O) groups excluding carboxylic acids is 1. The van der Waals surface area contributed by atoms with Gasteiger partial charge >= 0.3 is 0 Å². The van der Waals surface area contributed by atoms with Gasteiger partial charge in [0.25, 0.3) is 5.56 Å². The zero-order valence-corrected chi connectivity index (χ0v) is 15.7. The summed E-state index contributed by atoms with van der Waals surface area (Å²) < 4.78 is 3.29. The summed E-state index contributed by atoms with van der Waals surface area (Å²) in [6.45, 7) is 0. The van der Waals surface area contributed by atoms with Crippen LogP contribution in [0.1, 0.15) is 0 Å². The number of nitrogens with zero attached hydrogens (tertiary/aromatic N) is 5. The number of carbonyl (C=O) groups is 1. The molecule has 0 saturated carbocycles. The maximum Gasteiger partial charge on any atom is 0.262 e. The lowest BCUT2D eigenvalue weighted by Crippen LogP contribution is -2.27. The average molecular weight is 379 g/mol. The number of fused-ring (bicyclic) bond motifs is 3. The summed E-state index contributed by atoms with van der Waals surface area (Å²) in [5.74, 6) is 0.616. The van der Waals surface area contributed by atoms with Gasteiger partial charge in [-0.3, -0.25) is 18.6 Å². The molecule has 0 fully saturated rings. The van der Waals surface area contributed by atoms with Crippen LogP contribution in [-0.2, 0) is 11.8 Å².